The van der Waals surface area contributed by atoms with E-state index in [-0.39, 0.29) is 5.56 Å². The maximum atomic E-state index is 13.8. The fraction of sp³-hybridized carbons (Fsp3) is 0.160. The fourth-order valence-electron chi connectivity index (χ4n) is 3.65. The third-order valence-corrected chi connectivity index (χ3v) is 5.42. The molecule has 0 aliphatic carbocycles. The number of rotatable bonds is 5. The largest absolute Gasteiger partial charge is 0.478 e. The van der Waals surface area contributed by atoms with Gasteiger partial charge in [-0.3, -0.25) is 14.4 Å². The minimum atomic E-state index is -0.206. The van der Waals surface area contributed by atoms with Crippen molar-refractivity contribution in [2.24, 2.45) is 4.99 Å². The lowest BCUT2D eigenvalue weighted by Crippen LogP contribution is -2.21. The van der Waals surface area contributed by atoms with Crippen LogP contribution in [-0.2, 0) is 0 Å². The quantitative estimate of drug-likeness (QED) is 0.343. The van der Waals surface area contributed by atoms with Gasteiger partial charge in [0, 0.05) is 52.4 Å². The number of nitrogen functional groups attached to an aromatic ring is 1. The summed E-state index contributed by atoms with van der Waals surface area (Å²) in [5, 5.41) is 1.41. The van der Waals surface area contributed by atoms with Crippen LogP contribution in [0.1, 0.15) is 18.1 Å². The summed E-state index contributed by atoms with van der Waals surface area (Å²) in [7, 11) is 1.68. The Morgan fingerprint density at radius 1 is 1.19 bits per heavy atom. The van der Waals surface area contributed by atoms with Gasteiger partial charge in [-0.2, -0.15) is 0 Å². The molecule has 0 amide bonds. The van der Waals surface area contributed by atoms with Crippen LogP contribution in [0.2, 0.25) is 5.02 Å². The fourth-order valence-corrected chi connectivity index (χ4v) is 3.78. The normalized spacial score (nSPS) is 11.4. The number of aromatic nitrogens is 2. The number of nitrogens with zero attached hydrogens (tertiary/aromatic N) is 3. The zero-order chi connectivity index (χ0) is 22.8. The Kier molecular flexibility index (Phi) is 5.97. The summed E-state index contributed by atoms with van der Waals surface area (Å²) in [5.74, 6) is 0.515. The molecule has 0 unspecified atom stereocenters. The number of pyridine rings is 2. The third kappa shape index (κ3) is 3.97. The third-order valence-electron chi connectivity index (χ3n) is 5.16. The zero-order valence-electron chi connectivity index (χ0n) is 18.1. The van der Waals surface area contributed by atoms with E-state index in [0.29, 0.717) is 40.0 Å². The van der Waals surface area contributed by atoms with E-state index in [9.17, 15) is 4.79 Å². The number of halogens is 1. The van der Waals surface area contributed by atoms with Crippen LogP contribution in [0.4, 0.5) is 5.69 Å². The van der Waals surface area contributed by atoms with Crippen LogP contribution in [0.3, 0.4) is 0 Å². The highest BCUT2D eigenvalue weighted by atomic mass is 35.5. The van der Waals surface area contributed by atoms with Gasteiger partial charge in [0.1, 0.15) is 0 Å². The Labute approximate surface area is 191 Å². The average Bonchev–Trinajstić information content (AvgIpc) is 2.77. The lowest BCUT2D eigenvalue weighted by Gasteiger charge is -2.15. The van der Waals surface area contributed by atoms with Gasteiger partial charge in [-0.05, 0) is 55.8 Å². The molecule has 0 saturated heterocycles. The van der Waals surface area contributed by atoms with Gasteiger partial charge in [0.2, 0.25) is 5.88 Å². The predicted molar refractivity (Wildman–Crippen MR) is 132 cm³/mol. The van der Waals surface area contributed by atoms with Gasteiger partial charge in [-0.25, -0.2) is 4.98 Å². The van der Waals surface area contributed by atoms with Crippen molar-refractivity contribution in [3.8, 4) is 22.7 Å². The minimum Gasteiger partial charge on any atom is -0.478 e. The van der Waals surface area contributed by atoms with E-state index < -0.39 is 0 Å². The molecule has 7 heteroatoms. The summed E-state index contributed by atoms with van der Waals surface area (Å²) in [4.78, 5) is 22.5. The summed E-state index contributed by atoms with van der Waals surface area (Å²) in [5.41, 5.74) is 10.5. The number of hydrogen-bond acceptors (Lipinski definition) is 5. The van der Waals surface area contributed by atoms with Gasteiger partial charge in [0.15, 0.2) is 0 Å². The van der Waals surface area contributed by atoms with Gasteiger partial charge in [0.25, 0.3) is 5.56 Å². The number of ether oxygens (including phenoxy) is 1. The number of fused-ring (bicyclic) bond motifs is 1. The van der Waals surface area contributed by atoms with Crippen molar-refractivity contribution in [3.05, 3.63) is 81.2 Å². The van der Waals surface area contributed by atoms with Crippen molar-refractivity contribution in [1.82, 2.24) is 9.55 Å². The highest BCUT2D eigenvalue weighted by molar-refractivity contribution is 6.30. The second-order valence-electron chi connectivity index (χ2n) is 7.37. The maximum Gasteiger partial charge on any atom is 0.265 e. The van der Waals surface area contributed by atoms with E-state index in [1.54, 1.807) is 42.2 Å². The molecule has 2 aromatic heterocycles. The Morgan fingerprint density at radius 3 is 2.62 bits per heavy atom. The molecule has 0 spiro atoms. The van der Waals surface area contributed by atoms with Crippen molar-refractivity contribution in [2.45, 2.75) is 13.8 Å². The Hall–Kier alpha value is -3.64. The predicted octanol–water partition coefficient (Wildman–Crippen LogP) is 5.04. The van der Waals surface area contributed by atoms with Crippen LogP contribution in [0.15, 0.2) is 64.5 Å². The van der Waals surface area contributed by atoms with Crippen LogP contribution in [-0.4, -0.2) is 29.4 Å². The van der Waals surface area contributed by atoms with Crippen LogP contribution in [0.5, 0.6) is 5.88 Å². The van der Waals surface area contributed by atoms with Gasteiger partial charge in [-0.1, -0.05) is 23.7 Å². The second kappa shape index (κ2) is 8.85. The van der Waals surface area contributed by atoms with E-state index in [4.69, 9.17) is 27.1 Å². The summed E-state index contributed by atoms with van der Waals surface area (Å²) < 4.78 is 7.31. The van der Waals surface area contributed by atoms with Crippen molar-refractivity contribution < 1.29 is 4.74 Å². The molecule has 0 fully saturated rings. The topological polar surface area (TPSA) is 82.5 Å². The van der Waals surface area contributed by atoms with Gasteiger partial charge >= 0.3 is 0 Å². The van der Waals surface area contributed by atoms with Gasteiger partial charge < -0.3 is 10.5 Å². The molecule has 0 bridgehead atoms. The maximum absolute atomic E-state index is 13.8. The summed E-state index contributed by atoms with van der Waals surface area (Å²) in [6.07, 6.45) is 3.47. The second-order valence-corrected chi connectivity index (χ2v) is 7.80. The first-order valence-corrected chi connectivity index (χ1v) is 10.6. The molecule has 32 heavy (non-hydrogen) atoms. The number of anilines is 1. The lowest BCUT2D eigenvalue weighted by molar-refractivity contribution is 0.325. The van der Waals surface area contributed by atoms with Crippen molar-refractivity contribution in [1.29, 1.82) is 0 Å². The molecule has 0 aliphatic heterocycles. The van der Waals surface area contributed by atoms with E-state index in [1.165, 1.54) is 0 Å². The number of aryl methyl sites for hydroxylation is 1. The highest BCUT2D eigenvalue weighted by Gasteiger charge is 2.17. The standard InChI is InChI=1S/C25H23ClN4O2/c1-4-32-24-15(2)11-18-14-30(20-9-10-21(27)17(12-20)13-28-3)25(31)22(23(18)29-24)16-5-7-19(26)8-6-16/h5-14H,4,27H2,1-3H3. The molecule has 0 atom stereocenters. The van der Waals surface area contributed by atoms with Crippen molar-refractivity contribution in [3.63, 3.8) is 0 Å². The molecule has 2 aromatic carbocycles. The smallest absolute Gasteiger partial charge is 0.265 e. The number of nitrogens with two attached hydrogens (primary N) is 1. The van der Waals surface area contributed by atoms with Gasteiger partial charge in [0.05, 0.1) is 17.7 Å². The van der Waals surface area contributed by atoms with Crippen LogP contribution >= 0.6 is 11.6 Å². The summed E-state index contributed by atoms with van der Waals surface area (Å²) >= 11 is 6.09. The van der Waals surface area contributed by atoms with E-state index in [0.717, 1.165) is 22.1 Å². The molecule has 162 valence electrons. The minimum absolute atomic E-state index is 0.206. The molecule has 0 aliphatic rings. The molecule has 2 heterocycles. The van der Waals surface area contributed by atoms with Gasteiger partial charge in [-0.15, -0.1) is 0 Å². The van der Waals surface area contributed by atoms with Crippen LogP contribution in [0, 0.1) is 6.92 Å². The lowest BCUT2D eigenvalue weighted by atomic mass is 10.0. The Bertz CT molecular complexity index is 1390. The molecule has 2 N–H and O–H groups in total. The molecule has 6 nitrogen and oxygen atoms in total. The number of hydrogen-bond donors (Lipinski definition) is 1. The monoisotopic (exact) mass is 446 g/mol. The van der Waals surface area contributed by atoms with Crippen LogP contribution in [0.25, 0.3) is 27.7 Å². The Balaban J connectivity index is 2.07. The molecule has 4 aromatic rings. The summed E-state index contributed by atoms with van der Waals surface area (Å²) in [6, 6.07) is 14.6. The zero-order valence-corrected chi connectivity index (χ0v) is 18.8. The van der Waals surface area contributed by atoms with Crippen LogP contribution < -0.4 is 16.0 Å². The molecule has 4 rings (SSSR count). The first kappa shape index (κ1) is 21.6. The first-order chi connectivity index (χ1) is 15.4. The SMILES string of the molecule is CCOc1nc2c(-c3ccc(Cl)cc3)c(=O)n(-c3ccc(N)c(C=NC)c3)cc2cc1C. The van der Waals surface area contributed by atoms with Crippen molar-refractivity contribution >= 4 is 34.4 Å². The first-order valence-electron chi connectivity index (χ1n) is 10.2. The number of aliphatic imine (C=N–C) groups is 1. The molecule has 0 radical (unpaired) electrons. The average molecular weight is 447 g/mol. The van der Waals surface area contributed by atoms with E-state index in [1.807, 2.05) is 44.2 Å². The van der Waals surface area contributed by atoms with Crippen molar-refractivity contribution in [2.75, 3.05) is 19.4 Å². The van der Waals surface area contributed by atoms with E-state index >= 15 is 0 Å². The number of benzene rings is 2. The highest BCUT2D eigenvalue weighted by Crippen LogP contribution is 2.30. The molecular weight excluding hydrogens is 424 g/mol. The molecule has 0 saturated carbocycles. The Morgan fingerprint density at radius 2 is 1.94 bits per heavy atom. The summed E-state index contributed by atoms with van der Waals surface area (Å²) in [6.45, 7) is 4.33. The van der Waals surface area contributed by atoms with E-state index in [2.05, 4.69) is 4.99 Å². The molecular formula is C25H23ClN4O2.